The summed E-state index contributed by atoms with van der Waals surface area (Å²) in [6.45, 7) is 0. The van der Waals surface area contributed by atoms with Crippen LogP contribution in [0.5, 0.6) is 0 Å². The first-order valence-electron chi connectivity index (χ1n) is 2.03. The normalized spacial score (nSPS) is 10.0. The van der Waals surface area contributed by atoms with Crippen LogP contribution in [-0.2, 0) is 9.63 Å². The minimum absolute atomic E-state index is 0.433. The van der Waals surface area contributed by atoms with Crippen LogP contribution in [0.25, 0.3) is 0 Å². The van der Waals surface area contributed by atoms with Crippen LogP contribution >= 0.6 is 0 Å². The molecule has 0 saturated carbocycles. The summed E-state index contributed by atoms with van der Waals surface area (Å²) in [6, 6.07) is 1.45. The van der Waals surface area contributed by atoms with Crippen molar-refractivity contribution < 1.29 is 9.63 Å². The number of hydrogen-bond acceptors (Lipinski definition) is 4. The summed E-state index contributed by atoms with van der Waals surface area (Å²) < 4.78 is 0. The molecule has 0 unspecified atom stereocenters. The number of nitrogens with zero attached hydrogens (tertiary/aromatic N) is 2. The Hall–Kier alpha value is -1.57. The largest absolute Gasteiger partial charge is 0.398 e. The van der Waals surface area contributed by atoms with E-state index in [0.717, 1.165) is 0 Å². The van der Waals surface area contributed by atoms with E-state index in [-0.39, 0.29) is 0 Å². The molecule has 9 heavy (non-hydrogen) atoms. The molecule has 0 aromatic carbocycles. The lowest BCUT2D eigenvalue weighted by Gasteiger charge is -1.86. The van der Waals surface area contributed by atoms with E-state index in [1.54, 1.807) is 0 Å². The maximum atomic E-state index is 10.1. The molecule has 0 radical (unpaired) electrons. The Morgan fingerprint density at radius 1 is 1.89 bits per heavy atom. The van der Waals surface area contributed by atoms with Gasteiger partial charge in [0.15, 0.2) is 0 Å². The van der Waals surface area contributed by atoms with Gasteiger partial charge in [-0.2, -0.15) is 5.26 Å². The van der Waals surface area contributed by atoms with Crippen LogP contribution < -0.4 is 5.73 Å². The molecule has 0 rings (SSSR count). The first-order chi connectivity index (χ1) is 4.22. The molecule has 0 aliphatic carbocycles. The van der Waals surface area contributed by atoms with Gasteiger partial charge in [-0.25, -0.2) is 0 Å². The maximum Gasteiger partial charge on any atom is 0.281 e. The van der Waals surface area contributed by atoms with Crippen molar-refractivity contribution in [2.45, 2.75) is 0 Å². The Morgan fingerprint density at radius 3 is 2.56 bits per heavy atom. The second-order valence-corrected chi connectivity index (χ2v) is 1.10. The second-order valence-electron chi connectivity index (χ2n) is 1.10. The van der Waals surface area contributed by atoms with Crippen LogP contribution in [0.1, 0.15) is 0 Å². The summed E-state index contributed by atoms with van der Waals surface area (Å²) in [5, 5.41) is 11.1. The van der Waals surface area contributed by atoms with E-state index >= 15 is 0 Å². The highest BCUT2D eigenvalue weighted by Crippen LogP contribution is 1.74. The summed E-state index contributed by atoms with van der Waals surface area (Å²) in [5.74, 6) is -0.889. The first-order valence-corrected chi connectivity index (χ1v) is 2.03. The lowest BCUT2D eigenvalue weighted by molar-refractivity contribution is -0.112. The fourth-order valence-electron chi connectivity index (χ4n) is 0.212. The van der Waals surface area contributed by atoms with Gasteiger partial charge in [0.25, 0.3) is 5.91 Å². The van der Waals surface area contributed by atoms with Crippen molar-refractivity contribution in [3.05, 3.63) is 0 Å². The molecule has 0 heterocycles. The molecule has 0 aromatic heterocycles. The zero-order valence-electron chi connectivity index (χ0n) is 4.79. The van der Waals surface area contributed by atoms with Gasteiger partial charge in [-0.1, -0.05) is 5.16 Å². The van der Waals surface area contributed by atoms with Crippen LogP contribution in [0.3, 0.4) is 0 Å². The second kappa shape index (κ2) is 3.43. The van der Waals surface area contributed by atoms with E-state index in [4.69, 9.17) is 5.26 Å². The molecule has 0 saturated heterocycles. The Bertz CT molecular complexity index is 179. The number of hydrogen-bond donors (Lipinski definition) is 1. The average molecular weight is 127 g/mol. The van der Waals surface area contributed by atoms with Gasteiger partial charge < -0.3 is 10.6 Å². The van der Waals surface area contributed by atoms with Gasteiger partial charge in [-0.15, -0.1) is 0 Å². The van der Waals surface area contributed by atoms with Gasteiger partial charge in [0.1, 0.15) is 13.2 Å². The number of primary amides is 1. The number of rotatable bonds is 2. The zero-order chi connectivity index (χ0) is 7.28. The minimum atomic E-state index is -0.889. The van der Waals surface area contributed by atoms with Gasteiger partial charge >= 0.3 is 0 Å². The molecule has 5 nitrogen and oxygen atoms in total. The minimum Gasteiger partial charge on any atom is -0.398 e. The van der Waals surface area contributed by atoms with Crippen molar-refractivity contribution in [3.63, 3.8) is 0 Å². The van der Waals surface area contributed by atoms with E-state index < -0.39 is 11.6 Å². The summed E-state index contributed by atoms with van der Waals surface area (Å²) >= 11 is 0. The Labute approximate surface area is 51.7 Å². The number of nitrogens with two attached hydrogens (primary N) is 1. The SMILES string of the molecule is CO/N=C(\C#N)C(N)=O. The van der Waals surface area contributed by atoms with Crippen LogP contribution in [0.4, 0.5) is 0 Å². The average Bonchev–Trinajstić information content (AvgIpc) is 1.82. The van der Waals surface area contributed by atoms with Crippen LogP contribution in [-0.4, -0.2) is 18.7 Å². The molecular formula is C4H5N3O2. The van der Waals surface area contributed by atoms with E-state index in [0.29, 0.717) is 0 Å². The van der Waals surface area contributed by atoms with Crippen LogP contribution in [0.15, 0.2) is 5.16 Å². The molecule has 2 N–H and O–H groups in total. The topological polar surface area (TPSA) is 88.5 Å². The Kier molecular flexibility index (Phi) is 2.84. The third kappa shape index (κ3) is 2.29. The highest BCUT2D eigenvalue weighted by atomic mass is 16.6. The number of carbonyl (C=O) groups is 1. The van der Waals surface area contributed by atoms with Crippen molar-refractivity contribution in [3.8, 4) is 6.07 Å². The molecule has 0 aromatic rings. The molecule has 5 heteroatoms. The number of nitriles is 1. The van der Waals surface area contributed by atoms with E-state index in [9.17, 15) is 4.79 Å². The predicted molar refractivity (Wildman–Crippen MR) is 29.3 cm³/mol. The van der Waals surface area contributed by atoms with Crippen LogP contribution in [0, 0.1) is 11.3 Å². The van der Waals surface area contributed by atoms with E-state index in [2.05, 4.69) is 15.7 Å². The quantitative estimate of drug-likeness (QED) is 0.381. The van der Waals surface area contributed by atoms with Crippen LogP contribution in [0.2, 0.25) is 0 Å². The Balaban J connectivity index is 4.20. The Morgan fingerprint density at radius 2 is 2.44 bits per heavy atom. The third-order valence-corrected chi connectivity index (χ3v) is 0.522. The van der Waals surface area contributed by atoms with E-state index in [1.165, 1.54) is 13.2 Å². The van der Waals surface area contributed by atoms with Gasteiger partial charge in [0, 0.05) is 0 Å². The molecule has 1 amide bonds. The molecule has 0 fully saturated rings. The number of oxime groups is 1. The van der Waals surface area contributed by atoms with Gasteiger partial charge in [0.05, 0.1) is 0 Å². The fourth-order valence-corrected chi connectivity index (χ4v) is 0.212. The predicted octanol–water partition coefficient (Wildman–Crippen LogP) is -1.00. The molecule has 0 aliphatic rings. The number of amides is 1. The third-order valence-electron chi connectivity index (χ3n) is 0.522. The van der Waals surface area contributed by atoms with Crippen molar-refractivity contribution in [2.24, 2.45) is 10.9 Å². The standard InChI is InChI=1S/C4H5N3O2/c1-9-7-3(2-5)4(6)8/h1H3,(H2,6,8)/b7-3+. The maximum absolute atomic E-state index is 10.1. The smallest absolute Gasteiger partial charge is 0.281 e. The first kappa shape index (κ1) is 7.43. The molecular weight excluding hydrogens is 122 g/mol. The van der Waals surface area contributed by atoms with Crippen molar-refractivity contribution in [2.75, 3.05) is 7.11 Å². The van der Waals surface area contributed by atoms with Crippen molar-refractivity contribution in [1.29, 1.82) is 5.26 Å². The van der Waals surface area contributed by atoms with E-state index in [1.807, 2.05) is 0 Å². The summed E-state index contributed by atoms with van der Waals surface area (Å²) in [6.07, 6.45) is 0. The fraction of sp³-hybridized carbons (Fsp3) is 0.250. The highest BCUT2D eigenvalue weighted by molar-refractivity contribution is 6.44. The van der Waals surface area contributed by atoms with Gasteiger partial charge in [-0.3, -0.25) is 4.79 Å². The zero-order valence-corrected chi connectivity index (χ0v) is 4.79. The summed E-state index contributed by atoms with van der Waals surface area (Å²) in [4.78, 5) is 14.2. The lowest BCUT2D eigenvalue weighted by atomic mass is 10.4. The van der Waals surface area contributed by atoms with Gasteiger partial charge in [-0.05, 0) is 0 Å². The molecule has 0 bridgehead atoms. The molecule has 0 spiro atoms. The number of carbonyl (C=O) groups excluding carboxylic acids is 1. The summed E-state index contributed by atoms with van der Waals surface area (Å²) in [7, 11) is 1.22. The monoisotopic (exact) mass is 127 g/mol. The summed E-state index contributed by atoms with van der Waals surface area (Å²) in [5.41, 5.74) is 4.23. The lowest BCUT2D eigenvalue weighted by Crippen LogP contribution is -2.21. The molecule has 48 valence electrons. The molecule has 0 aliphatic heterocycles. The molecule has 0 atom stereocenters. The van der Waals surface area contributed by atoms with Gasteiger partial charge in [0.2, 0.25) is 5.71 Å². The highest BCUT2D eigenvalue weighted by Gasteiger charge is 2.03. The van der Waals surface area contributed by atoms with Crippen molar-refractivity contribution in [1.82, 2.24) is 0 Å². The van der Waals surface area contributed by atoms with Crippen molar-refractivity contribution >= 4 is 11.6 Å².